The summed E-state index contributed by atoms with van der Waals surface area (Å²) in [5, 5.41) is 9.80. The number of aliphatic hydroxyl groups excluding tert-OH is 1. The second kappa shape index (κ2) is 7.09. The smallest absolute Gasteiger partial charge is 0.325 e. The zero-order valence-corrected chi connectivity index (χ0v) is 15.0. The number of hydrogen-bond donors (Lipinski definition) is 1. The predicted molar refractivity (Wildman–Crippen MR) is 101 cm³/mol. The van der Waals surface area contributed by atoms with Gasteiger partial charge in [0.1, 0.15) is 0 Å². The Morgan fingerprint density at radius 3 is 2.73 bits per heavy atom. The number of carbonyl (C=O) groups excluding carboxylic acids is 1. The first-order chi connectivity index (χ1) is 12.6. The van der Waals surface area contributed by atoms with E-state index in [0.717, 1.165) is 16.8 Å². The molecule has 5 heteroatoms. The van der Waals surface area contributed by atoms with E-state index in [1.165, 1.54) is 5.56 Å². The van der Waals surface area contributed by atoms with E-state index in [9.17, 15) is 9.90 Å². The van der Waals surface area contributed by atoms with Crippen LogP contribution in [0, 0.1) is 0 Å². The van der Waals surface area contributed by atoms with E-state index in [0.29, 0.717) is 32.7 Å². The van der Waals surface area contributed by atoms with E-state index in [1.807, 2.05) is 40.1 Å². The highest BCUT2D eigenvalue weighted by molar-refractivity contribution is 5.99. The number of ether oxygens (including phenoxy) is 1. The number of hydrogen-bond acceptors (Lipinski definition) is 3. The van der Waals surface area contributed by atoms with Crippen LogP contribution in [0.25, 0.3) is 11.1 Å². The molecular formula is C21H24N2O3. The second-order valence-electron chi connectivity index (χ2n) is 7.05. The van der Waals surface area contributed by atoms with Gasteiger partial charge in [-0.15, -0.1) is 0 Å². The monoisotopic (exact) mass is 352 g/mol. The maximum atomic E-state index is 13.4. The molecule has 136 valence electrons. The normalized spacial score (nSPS) is 20.3. The standard InChI is InChI=1S/C21H24N2O3/c1-15(24)12-17-14-26-11-10-22(17)21(25)23-13-16-6-2-3-7-18(16)19-8-4-5-9-20(19)23/h2-9,15,17,24H,10-14H2,1H3. The van der Waals surface area contributed by atoms with Crippen LogP contribution in [-0.2, 0) is 11.3 Å². The molecule has 2 aliphatic rings. The Bertz CT molecular complexity index is 805. The van der Waals surface area contributed by atoms with Gasteiger partial charge < -0.3 is 14.7 Å². The van der Waals surface area contributed by atoms with E-state index in [1.54, 1.807) is 6.92 Å². The molecule has 2 aromatic carbocycles. The molecule has 1 fully saturated rings. The van der Waals surface area contributed by atoms with Gasteiger partial charge in [0.15, 0.2) is 0 Å². The molecule has 2 amide bonds. The summed E-state index contributed by atoms with van der Waals surface area (Å²) in [4.78, 5) is 17.2. The quantitative estimate of drug-likeness (QED) is 0.903. The Morgan fingerprint density at radius 2 is 1.92 bits per heavy atom. The first-order valence-electron chi connectivity index (χ1n) is 9.16. The maximum Gasteiger partial charge on any atom is 0.325 e. The fraction of sp³-hybridized carbons (Fsp3) is 0.381. The summed E-state index contributed by atoms with van der Waals surface area (Å²) in [5.74, 6) is 0. The second-order valence-corrected chi connectivity index (χ2v) is 7.05. The van der Waals surface area contributed by atoms with Crippen molar-refractivity contribution in [1.82, 2.24) is 4.90 Å². The minimum atomic E-state index is -0.466. The molecule has 0 radical (unpaired) electrons. The van der Waals surface area contributed by atoms with Gasteiger partial charge in [-0.05, 0) is 30.5 Å². The summed E-state index contributed by atoms with van der Waals surface area (Å²) in [5.41, 5.74) is 4.37. The SMILES string of the molecule is CC(O)CC1COCCN1C(=O)N1Cc2ccccc2-c2ccccc21. The van der Waals surface area contributed by atoms with Gasteiger partial charge in [0.2, 0.25) is 0 Å². The lowest BCUT2D eigenvalue weighted by molar-refractivity contribution is -0.00301. The molecule has 0 bridgehead atoms. The Labute approximate surface area is 153 Å². The lowest BCUT2D eigenvalue weighted by Crippen LogP contribution is -2.54. The molecule has 2 aromatic rings. The Morgan fingerprint density at radius 1 is 1.19 bits per heavy atom. The summed E-state index contributed by atoms with van der Waals surface area (Å²) in [6, 6.07) is 16.2. The molecule has 1 saturated heterocycles. The van der Waals surface area contributed by atoms with E-state index in [2.05, 4.69) is 18.2 Å². The van der Waals surface area contributed by atoms with Crippen LogP contribution in [0.1, 0.15) is 18.9 Å². The van der Waals surface area contributed by atoms with Crippen molar-refractivity contribution in [3.8, 4) is 11.1 Å². The third-order valence-corrected chi connectivity index (χ3v) is 5.15. The van der Waals surface area contributed by atoms with Crippen molar-refractivity contribution in [3.63, 3.8) is 0 Å². The van der Waals surface area contributed by atoms with Gasteiger partial charge in [0.25, 0.3) is 0 Å². The number of para-hydroxylation sites is 1. The average Bonchev–Trinajstić information content (AvgIpc) is 2.67. The topological polar surface area (TPSA) is 53.0 Å². The number of urea groups is 1. The van der Waals surface area contributed by atoms with Crippen LogP contribution >= 0.6 is 0 Å². The zero-order valence-electron chi connectivity index (χ0n) is 15.0. The van der Waals surface area contributed by atoms with Crippen LogP contribution in [0.4, 0.5) is 10.5 Å². The number of aliphatic hydroxyl groups is 1. The van der Waals surface area contributed by atoms with Gasteiger partial charge in [-0.1, -0.05) is 42.5 Å². The van der Waals surface area contributed by atoms with Crippen molar-refractivity contribution in [2.45, 2.75) is 32.0 Å². The number of anilines is 1. The van der Waals surface area contributed by atoms with Gasteiger partial charge in [-0.25, -0.2) is 4.79 Å². The van der Waals surface area contributed by atoms with Crippen molar-refractivity contribution < 1.29 is 14.6 Å². The zero-order chi connectivity index (χ0) is 18.1. The fourth-order valence-corrected chi connectivity index (χ4v) is 3.93. The van der Waals surface area contributed by atoms with Crippen LogP contribution in [-0.4, -0.2) is 47.9 Å². The summed E-state index contributed by atoms with van der Waals surface area (Å²) >= 11 is 0. The van der Waals surface area contributed by atoms with E-state index < -0.39 is 6.10 Å². The number of nitrogens with zero attached hydrogens (tertiary/aromatic N) is 2. The molecule has 0 saturated carbocycles. The van der Waals surface area contributed by atoms with Crippen LogP contribution in [0.2, 0.25) is 0 Å². The molecule has 0 aromatic heterocycles. The average molecular weight is 352 g/mol. The molecule has 4 rings (SSSR count). The van der Waals surface area contributed by atoms with Crippen LogP contribution in [0.5, 0.6) is 0 Å². The number of rotatable bonds is 2. The minimum absolute atomic E-state index is 0.0131. The Kier molecular flexibility index (Phi) is 4.66. The third-order valence-electron chi connectivity index (χ3n) is 5.15. The van der Waals surface area contributed by atoms with Crippen molar-refractivity contribution >= 4 is 11.7 Å². The van der Waals surface area contributed by atoms with Gasteiger partial charge in [0.05, 0.1) is 37.6 Å². The number of carbonyl (C=O) groups is 1. The maximum absolute atomic E-state index is 13.4. The molecule has 2 heterocycles. The van der Waals surface area contributed by atoms with Gasteiger partial charge >= 0.3 is 6.03 Å². The molecular weight excluding hydrogens is 328 g/mol. The highest BCUT2D eigenvalue weighted by Crippen LogP contribution is 2.39. The molecule has 0 aliphatic carbocycles. The molecule has 5 nitrogen and oxygen atoms in total. The Hall–Kier alpha value is -2.37. The van der Waals surface area contributed by atoms with Crippen LogP contribution in [0.3, 0.4) is 0 Å². The molecule has 2 atom stereocenters. The first kappa shape index (κ1) is 17.1. The minimum Gasteiger partial charge on any atom is -0.393 e. The van der Waals surface area contributed by atoms with Crippen LogP contribution in [0.15, 0.2) is 48.5 Å². The molecule has 2 unspecified atom stereocenters. The number of morpholine rings is 1. The lowest BCUT2D eigenvalue weighted by atomic mass is 9.93. The van der Waals surface area contributed by atoms with Crippen molar-refractivity contribution in [2.75, 3.05) is 24.7 Å². The lowest BCUT2D eigenvalue weighted by Gasteiger charge is -2.41. The highest BCUT2D eigenvalue weighted by atomic mass is 16.5. The highest BCUT2D eigenvalue weighted by Gasteiger charge is 2.34. The van der Waals surface area contributed by atoms with Crippen molar-refractivity contribution in [1.29, 1.82) is 0 Å². The van der Waals surface area contributed by atoms with Crippen molar-refractivity contribution in [2.24, 2.45) is 0 Å². The summed E-state index contributed by atoms with van der Waals surface area (Å²) in [6.07, 6.45) is 0.0593. The molecule has 2 aliphatic heterocycles. The Balaban J connectivity index is 1.68. The van der Waals surface area contributed by atoms with Crippen LogP contribution < -0.4 is 4.90 Å². The summed E-state index contributed by atoms with van der Waals surface area (Å²) < 4.78 is 5.55. The number of amides is 2. The van der Waals surface area contributed by atoms with Crippen molar-refractivity contribution in [3.05, 3.63) is 54.1 Å². The molecule has 1 N–H and O–H groups in total. The van der Waals surface area contributed by atoms with Gasteiger partial charge in [-0.2, -0.15) is 0 Å². The number of benzene rings is 2. The third kappa shape index (κ3) is 3.08. The van der Waals surface area contributed by atoms with Gasteiger partial charge in [0, 0.05) is 12.1 Å². The first-order valence-corrected chi connectivity index (χ1v) is 9.16. The summed E-state index contributed by atoms with van der Waals surface area (Å²) in [6.45, 7) is 3.88. The van der Waals surface area contributed by atoms with Gasteiger partial charge in [-0.3, -0.25) is 4.90 Å². The fourth-order valence-electron chi connectivity index (χ4n) is 3.93. The predicted octanol–water partition coefficient (Wildman–Crippen LogP) is 3.27. The molecule has 0 spiro atoms. The van der Waals surface area contributed by atoms with E-state index >= 15 is 0 Å². The molecule has 26 heavy (non-hydrogen) atoms. The van der Waals surface area contributed by atoms with E-state index in [-0.39, 0.29) is 12.1 Å². The number of fused-ring (bicyclic) bond motifs is 3. The van der Waals surface area contributed by atoms with E-state index in [4.69, 9.17) is 4.74 Å². The summed E-state index contributed by atoms with van der Waals surface area (Å²) in [7, 11) is 0. The largest absolute Gasteiger partial charge is 0.393 e.